The number of carbonyl (C=O) groups is 1. The van der Waals surface area contributed by atoms with Crippen LogP contribution in [0.2, 0.25) is 0 Å². The lowest BCUT2D eigenvalue weighted by Gasteiger charge is -2.43. The second-order valence-corrected chi connectivity index (χ2v) is 12.3. The van der Waals surface area contributed by atoms with Crippen molar-refractivity contribution in [2.24, 2.45) is 0 Å². The maximum atomic E-state index is 14.7. The molecule has 5 nitrogen and oxygen atoms in total. The van der Waals surface area contributed by atoms with Gasteiger partial charge in [-0.25, -0.2) is 8.78 Å². The van der Waals surface area contributed by atoms with Gasteiger partial charge >= 0.3 is 17.3 Å². The summed E-state index contributed by atoms with van der Waals surface area (Å²) in [6.07, 6.45) is -1.35. The fraction of sp³-hybridized carbons (Fsp3) is 0.500. The van der Waals surface area contributed by atoms with E-state index in [2.05, 4.69) is 4.90 Å². The molecule has 0 aromatic heterocycles. The highest BCUT2D eigenvalue weighted by Gasteiger charge is 2.67. The SMILES string of the molecule is CN1CCc2c1ccc(B1OC(C)(C)C(C)(C)O1)c2F.O=CNC1=C(F)CCC(S(F)(F)(F)(F)F)=C1. The number of allylic oxidation sites excluding steroid dienone is 3. The van der Waals surface area contributed by atoms with Crippen molar-refractivity contribution in [3.63, 3.8) is 0 Å². The van der Waals surface area contributed by atoms with Crippen LogP contribution in [0.5, 0.6) is 0 Å². The van der Waals surface area contributed by atoms with Crippen LogP contribution >= 0.6 is 10.2 Å². The maximum Gasteiger partial charge on any atom is 0.497 e. The van der Waals surface area contributed by atoms with Gasteiger partial charge in [-0.2, -0.15) is 0 Å². The van der Waals surface area contributed by atoms with Crippen LogP contribution in [0, 0.1) is 5.82 Å². The Morgan fingerprint density at radius 1 is 1.00 bits per heavy atom. The number of hydrogen-bond donors (Lipinski definition) is 1. The number of amides is 1. The smallest absolute Gasteiger partial charge is 0.399 e. The molecular weight excluding hydrogens is 516 g/mol. The second kappa shape index (κ2) is 8.42. The average molecular weight is 544 g/mol. The highest BCUT2D eigenvalue weighted by molar-refractivity contribution is 8.48. The van der Waals surface area contributed by atoms with E-state index in [0.717, 1.165) is 24.2 Å². The highest BCUT2D eigenvalue weighted by atomic mass is 32.5. The van der Waals surface area contributed by atoms with E-state index < -0.39 is 57.8 Å². The Bertz CT molecular complexity index is 1120. The molecule has 0 bridgehead atoms. The number of likely N-dealkylation sites (N-methyl/N-ethyl adjacent to an activating group) is 1. The molecule has 14 heteroatoms. The van der Waals surface area contributed by atoms with Crippen LogP contribution in [0.25, 0.3) is 0 Å². The van der Waals surface area contributed by atoms with Gasteiger partial charge in [-0.3, -0.25) is 4.79 Å². The van der Waals surface area contributed by atoms with E-state index >= 15 is 0 Å². The Kier molecular flexibility index (Phi) is 6.64. The molecule has 202 valence electrons. The third kappa shape index (κ3) is 5.70. The summed E-state index contributed by atoms with van der Waals surface area (Å²) in [6.45, 7) is 8.77. The molecule has 1 N–H and O–H groups in total. The summed E-state index contributed by atoms with van der Waals surface area (Å²) in [4.78, 5) is 9.93. The zero-order valence-corrected chi connectivity index (χ0v) is 21.3. The van der Waals surface area contributed by atoms with E-state index in [1.165, 1.54) is 0 Å². The molecule has 1 aromatic rings. The van der Waals surface area contributed by atoms with Gasteiger partial charge in [-0.1, -0.05) is 25.5 Å². The van der Waals surface area contributed by atoms with Gasteiger partial charge in [-0.05, 0) is 52.7 Å². The van der Waals surface area contributed by atoms with Gasteiger partial charge in [0.2, 0.25) is 6.41 Å². The number of nitrogens with zero attached hydrogens (tertiary/aromatic N) is 1. The Labute approximate surface area is 205 Å². The van der Waals surface area contributed by atoms with Gasteiger partial charge in [0.25, 0.3) is 0 Å². The number of anilines is 1. The Hall–Kier alpha value is -2.19. The van der Waals surface area contributed by atoms with E-state index in [1.54, 1.807) is 11.4 Å². The van der Waals surface area contributed by atoms with Gasteiger partial charge in [0.05, 0.1) is 21.8 Å². The van der Waals surface area contributed by atoms with Gasteiger partial charge in [0.15, 0.2) is 0 Å². The molecule has 0 spiro atoms. The molecule has 36 heavy (non-hydrogen) atoms. The number of nitrogens with one attached hydrogen (secondary N) is 1. The standard InChI is InChI=1S/C15H21BFNO2.C7H7F6NOS/c1-14(2)15(3,4)20-16(19-14)11-6-7-12-10(13(11)17)8-9-18(12)5;8-6-2-1-5(3-7(6)14-4-15)16(9,10,11,12)13/h6-7H,8-9H2,1-5H3;3-4H,1-2H2,(H,14,15). The number of halogens is 7. The third-order valence-corrected chi connectivity index (χ3v) is 8.08. The molecule has 2 heterocycles. The summed E-state index contributed by atoms with van der Waals surface area (Å²) < 4.78 is 101. The lowest BCUT2D eigenvalue weighted by molar-refractivity contribution is -0.108. The first kappa shape index (κ1) is 28.4. The topological polar surface area (TPSA) is 50.8 Å². The summed E-state index contributed by atoms with van der Waals surface area (Å²) in [5, 5.41) is 1.60. The monoisotopic (exact) mass is 544 g/mol. The lowest BCUT2D eigenvalue weighted by atomic mass is 9.77. The van der Waals surface area contributed by atoms with Crippen molar-refractivity contribution in [2.75, 3.05) is 18.5 Å². The number of carbonyl (C=O) groups excluding carboxylic acids is 1. The first-order chi connectivity index (χ1) is 16.2. The number of rotatable bonds is 4. The van der Waals surface area contributed by atoms with E-state index in [1.807, 2.05) is 40.8 Å². The van der Waals surface area contributed by atoms with Gasteiger partial charge < -0.3 is 19.5 Å². The summed E-state index contributed by atoms with van der Waals surface area (Å²) in [7, 11) is -8.40. The third-order valence-electron chi connectivity index (χ3n) is 6.76. The van der Waals surface area contributed by atoms with Gasteiger partial charge in [0.1, 0.15) is 11.6 Å². The minimum Gasteiger partial charge on any atom is -0.399 e. The molecule has 0 saturated carbocycles. The predicted octanol–water partition coefficient (Wildman–Crippen LogP) is 6.01. The fourth-order valence-corrected chi connectivity index (χ4v) is 4.77. The predicted molar refractivity (Wildman–Crippen MR) is 127 cm³/mol. The summed E-state index contributed by atoms with van der Waals surface area (Å²) in [5.41, 5.74) is 0.504. The average Bonchev–Trinajstić information content (AvgIpc) is 3.19. The van der Waals surface area contributed by atoms with Gasteiger partial charge in [0, 0.05) is 36.7 Å². The van der Waals surface area contributed by atoms with Crippen LogP contribution in [0.3, 0.4) is 0 Å². The molecule has 0 atom stereocenters. The molecule has 3 aliphatic rings. The fourth-order valence-electron chi connectivity index (χ4n) is 3.94. The number of benzene rings is 1. The maximum absolute atomic E-state index is 14.7. The van der Waals surface area contributed by atoms with Crippen molar-refractivity contribution in [3.05, 3.63) is 46.0 Å². The molecule has 0 radical (unpaired) electrons. The first-order valence-electron chi connectivity index (χ1n) is 11.1. The molecule has 1 aliphatic carbocycles. The minimum atomic E-state index is -9.76. The van der Waals surface area contributed by atoms with Gasteiger partial charge in [-0.15, -0.1) is 0 Å². The molecule has 1 saturated heterocycles. The molecule has 1 amide bonds. The van der Waals surface area contributed by atoms with Crippen molar-refractivity contribution in [1.29, 1.82) is 0 Å². The Morgan fingerprint density at radius 2 is 1.58 bits per heavy atom. The molecular formula is C22H28BF7N2O3S. The zero-order chi connectivity index (χ0) is 27.4. The molecule has 4 rings (SSSR count). The van der Waals surface area contributed by atoms with Crippen molar-refractivity contribution in [3.8, 4) is 0 Å². The largest absolute Gasteiger partial charge is 0.497 e. The van der Waals surface area contributed by atoms with Crippen LogP contribution < -0.4 is 15.7 Å². The molecule has 0 unspecified atom stereocenters. The van der Waals surface area contributed by atoms with Crippen LogP contribution in [0.4, 0.5) is 33.9 Å². The van der Waals surface area contributed by atoms with E-state index in [0.29, 0.717) is 5.46 Å². The van der Waals surface area contributed by atoms with Crippen LogP contribution in [-0.2, 0) is 20.5 Å². The van der Waals surface area contributed by atoms with Crippen LogP contribution in [0.1, 0.15) is 46.1 Å². The van der Waals surface area contributed by atoms with E-state index in [4.69, 9.17) is 9.31 Å². The van der Waals surface area contributed by atoms with Crippen molar-refractivity contribution in [1.82, 2.24) is 5.32 Å². The van der Waals surface area contributed by atoms with Crippen LogP contribution in [0.15, 0.2) is 34.6 Å². The number of hydrogen-bond acceptors (Lipinski definition) is 4. The Balaban J connectivity index is 0.000000207. The Morgan fingerprint density at radius 3 is 2.11 bits per heavy atom. The van der Waals surface area contributed by atoms with Crippen molar-refractivity contribution >= 4 is 34.9 Å². The summed E-state index contributed by atoms with van der Waals surface area (Å²) in [6, 6.07) is 3.75. The number of fused-ring (bicyclic) bond motifs is 1. The first-order valence-corrected chi connectivity index (χ1v) is 13.0. The van der Waals surface area contributed by atoms with E-state index in [9.17, 15) is 33.0 Å². The zero-order valence-electron chi connectivity index (χ0n) is 20.4. The van der Waals surface area contributed by atoms with Crippen molar-refractivity contribution in [2.45, 2.75) is 58.2 Å². The van der Waals surface area contributed by atoms with Crippen LogP contribution in [-0.4, -0.2) is 38.3 Å². The minimum absolute atomic E-state index is 0.0607. The highest BCUT2D eigenvalue weighted by Crippen LogP contribution is 3.02. The second-order valence-electron chi connectivity index (χ2n) is 9.89. The van der Waals surface area contributed by atoms with Crippen molar-refractivity contribution < 1.29 is 42.3 Å². The quantitative estimate of drug-likeness (QED) is 0.287. The normalized spacial score (nSPS) is 22.7. The summed E-state index contributed by atoms with van der Waals surface area (Å²) in [5.74, 6) is -1.23. The molecule has 1 fully saturated rings. The summed E-state index contributed by atoms with van der Waals surface area (Å²) >= 11 is 0. The molecule has 1 aromatic carbocycles. The molecule has 2 aliphatic heterocycles. The lowest BCUT2D eigenvalue weighted by Crippen LogP contribution is -2.41. The van der Waals surface area contributed by atoms with E-state index in [-0.39, 0.29) is 18.3 Å².